The van der Waals surface area contributed by atoms with Crippen molar-refractivity contribution in [2.24, 2.45) is 0 Å². The molecule has 5 heteroatoms. The monoisotopic (exact) mass is 204 g/mol. The number of carbonyl (C=O) groups is 2. The number of carboxylic acid groups (broad SMARTS) is 1. The zero-order chi connectivity index (χ0) is 11.0. The second-order valence-corrected chi connectivity index (χ2v) is 3.19. The summed E-state index contributed by atoms with van der Waals surface area (Å²) in [4.78, 5) is 28.3. The highest BCUT2D eigenvalue weighted by molar-refractivity contribution is 6.02. The highest BCUT2D eigenvalue weighted by Crippen LogP contribution is 2.21. The summed E-state index contributed by atoms with van der Waals surface area (Å²) in [6, 6.07) is 0. The minimum Gasteiger partial charge on any atom is -0.478 e. The van der Waals surface area contributed by atoms with E-state index >= 15 is 0 Å². The van der Waals surface area contributed by atoms with E-state index in [2.05, 4.69) is 9.97 Å². The molecule has 0 aliphatic carbocycles. The van der Waals surface area contributed by atoms with Crippen LogP contribution in [0.3, 0.4) is 0 Å². The third-order valence-electron chi connectivity index (χ3n) is 2.35. The Bertz CT molecular complexity index is 557. The Hall–Kier alpha value is -2.17. The van der Waals surface area contributed by atoms with Crippen LogP contribution < -0.4 is 0 Å². The van der Waals surface area contributed by atoms with Gasteiger partial charge in [-0.25, -0.2) is 9.78 Å². The van der Waals surface area contributed by atoms with Crippen molar-refractivity contribution >= 4 is 23.3 Å². The summed E-state index contributed by atoms with van der Waals surface area (Å²) in [6.07, 6.45) is 3.48. The van der Waals surface area contributed by atoms with Crippen molar-refractivity contribution in [3.8, 4) is 0 Å². The molecule has 15 heavy (non-hydrogen) atoms. The van der Waals surface area contributed by atoms with E-state index in [1.165, 1.54) is 12.4 Å². The summed E-state index contributed by atoms with van der Waals surface area (Å²) in [5.74, 6) is -1.04. The summed E-state index contributed by atoms with van der Waals surface area (Å²) in [5.41, 5.74) is 1.62. The van der Waals surface area contributed by atoms with Crippen LogP contribution >= 0.6 is 0 Å². The number of fused-ring (bicyclic) bond motifs is 1. The van der Waals surface area contributed by atoms with Gasteiger partial charge in [0.25, 0.3) is 0 Å². The molecule has 2 rings (SSSR count). The van der Waals surface area contributed by atoms with E-state index in [4.69, 9.17) is 5.11 Å². The van der Waals surface area contributed by atoms with E-state index in [-0.39, 0.29) is 5.56 Å². The van der Waals surface area contributed by atoms with Crippen molar-refractivity contribution in [1.82, 2.24) is 9.97 Å². The van der Waals surface area contributed by atoms with Crippen molar-refractivity contribution in [3.05, 3.63) is 29.1 Å². The van der Waals surface area contributed by atoms with Crippen molar-refractivity contribution in [1.29, 1.82) is 0 Å². The highest BCUT2D eigenvalue weighted by Gasteiger charge is 2.14. The maximum absolute atomic E-state index is 10.8. The highest BCUT2D eigenvalue weighted by atomic mass is 16.4. The molecule has 0 radical (unpaired) electrons. The van der Waals surface area contributed by atoms with Crippen LogP contribution in [0.15, 0.2) is 12.4 Å². The van der Waals surface area contributed by atoms with Gasteiger partial charge in [0.1, 0.15) is 5.65 Å². The predicted octanol–water partition coefficient (Wildman–Crippen LogP) is 1.38. The van der Waals surface area contributed by atoms with Crippen LogP contribution in [0.2, 0.25) is 0 Å². The van der Waals surface area contributed by atoms with Gasteiger partial charge in [-0.15, -0.1) is 0 Å². The van der Waals surface area contributed by atoms with Gasteiger partial charge in [0.2, 0.25) is 0 Å². The van der Waals surface area contributed by atoms with Crippen LogP contribution in [0.5, 0.6) is 0 Å². The Morgan fingerprint density at radius 3 is 2.93 bits per heavy atom. The smallest absolute Gasteiger partial charge is 0.337 e. The van der Waals surface area contributed by atoms with Gasteiger partial charge in [-0.05, 0) is 12.5 Å². The fraction of sp³-hybridized carbons (Fsp3) is 0.100. The van der Waals surface area contributed by atoms with Gasteiger partial charge >= 0.3 is 5.97 Å². The maximum atomic E-state index is 10.8. The molecule has 0 unspecified atom stereocenters. The number of nitrogens with one attached hydrogen (secondary N) is 1. The van der Waals surface area contributed by atoms with Crippen LogP contribution in [-0.2, 0) is 0 Å². The molecule has 76 valence electrons. The van der Waals surface area contributed by atoms with Crippen molar-refractivity contribution in [2.45, 2.75) is 6.92 Å². The fourth-order valence-corrected chi connectivity index (χ4v) is 1.59. The number of aldehydes is 1. The Labute approximate surface area is 84.8 Å². The Kier molecular flexibility index (Phi) is 2.00. The van der Waals surface area contributed by atoms with E-state index in [0.29, 0.717) is 28.4 Å². The van der Waals surface area contributed by atoms with Gasteiger partial charge in [0.15, 0.2) is 6.29 Å². The molecule has 0 bridgehead atoms. The molecule has 0 fully saturated rings. The van der Waals surface area contributed by atoms with E-state index in [0.717, 1.165) is 0 Å². The predicted molar refractivity (Wildman–Crippen MR) is 53.2 cm³/mol. The first-order valence-electron chi connectivity index (χ1n) is 4.30. The number of hydrogen-bond donors (Lipinski definition) is 2. The first kappa shape index (κ1) is 9.39. The number of hydrogen-bond acceptors (Lipinski definition) is 3. The van der Waals surface area contributed by atoms with E-state index in [1.807, 2.05) is 0 Å². The molecule has 0 atom stereocenters. The SMILES string of the molecule is Cc1c(C(=O)O)cnc2[nH]cc(C=O)c12. The normalized spacial score (nSPS) is 10.5. The average molecular weight is 204 g/mol. The van der Waals surface area contributed by atoms with Crippen molar-refractivity contribution < 1.29 is 14.7 Å². The van der Waals surface area contributed by atoms with Gasteiger partial charge in [0, 0.05) is 23.3 Å². The number of aromatic nitrogens is 2. The summed E-state index contributed by atoms with van der Waals surface area (Å²) in [6.45, 7) is 1.66. The molecule has 2 N–H and O–H groups in total. The molecular weight excluding hydrogens is 196 g/mol. The summed E-state index contributed by atoms with van der Waals surface area (Å²) < 4.78 is 0. The first-order valence-corrected chi connectivity index (χ1v) is 4.30. The van der Waals surface area contributed by atoms with E-state index in [1.54, 1.807) is 6.92 Å². The quantitative estimate of drug-likeness (QED) is 0.724. The van der Waals surface area contributed by atoms with Gasteiger partial charge in [-0.2, -0.15) is 0 Å². The van der Waals surface area contributed by atoms with Crippen LogP contribution in [0.25, 0.3) is 11.0 Å². The van der Waals surface area contributed by atoms with Crippen molar-refractivity contribution in [3.63, 3.8) is 0 Å². The number of rotatable bonds is 2. The van der Waals surface area contributed by atoms with E-state index in [9.17, 15) is 9.59 Å². The lowest BCUT2D eigenvalue weighted by Crippen LogP contribution is -2.01. The Morgan fingerprint density at radius 2 is 2.33 bits per heavy atom. The van der Waals surface area contributed by atoms with Crippen molar-refractivity contribution in [2.75, 3.05) is 0 Å². The number of aromatic carboxylic acids is 1. The lowest BCUT2D eigenvalue weighted by Gasteiger charge is -2.01. The topological polar surface area (TPSA) is 83.0 Å². The molecular formula is C10H8N2O3. The largest absolute Gasteiger partial charge is 0.478 e. The molecule has 0 amide bonds. The number of aromatic amines is 1. The average Bonchev–Trinajstić information content (AvgIpc) is 2.61. The fourth-order valence-electron chi connectivity index (χ4n) is 1.59. The van der Waals surface area contributed by atoms with Crippen LogP contribution in [0, 0.1) is 6.92 Å². The zero-order valence-corrected chi connectivity index (χ0v) is 7.94. The Balaban J connectivity index is 2.86. The Morgan fingerprint density at radius 1 is 1.60 bits per heavy atom. The van der Waals surface area contributed by atoms with E-state index < -0.39 is 5.97 Å². The third kappa shape index (κ3) is 1.28. The number of nitrogens with zero attached hydrogens (tertiary/aromatic N) is 1. The first-order chi connectivity index (χ1) is 7.15. The zero-order valence-electron chi connectivity index (χ0n) is 7.94. The number of H-pyrrole nitrogens is 1. The molecule has 2 aromatic heterocycles. The molecule has 0 spiro atoms. The lowest BCUT2D eigenvalue weighted by atomic mass is 10.1. The molecule has 0 aliphatic heterocycles. The molecule has 0 saturated carbocycles. The molecule has 0 aliphatic rings. The molecule has 0 aromatic carbocycles. The number of aryl methyl sites for hydroxylation is 1. The lowest BCUT2D eigenvalue weighted by molar-refractivity contribution is 0.0695. The third-order valence-corrected chi connectivity index (χ3v) is 2.35. The van der Waals surface area contributed by atoms with Crippen LogP contribution in [-0.4, -0.2) is 27.3 Å². The maximum Gasteiger partial charge on any atom is 0.337 e. The number of carboxylic acids is 1. The van der Waals surface area contributed by atoms with Crippen LogP contribution in [0.4, 0.5) is 0 Å². The van der Waals surface area contributed by atoms with Gasteiger partial charge in [-0.1, -0.05) is 0 Å². The molecule has 0 saturated heterocycles. The number of pyridine rings is 1. The molecule has 5 nitrogen and oxygen atoms in total. The summed E-state index contributed by atoms with van der Waals surface area (Å²) >= 11 is 0. The van der Waals surface area contributed by atoms with Gasteiger partial charge < -0.3 is 10.1 Å². The second-order valence-electron chi connectivity index (χ2n) is 3.19. The molecule has 2 aromatic rings. The second kappa shape index (κ2) is 3.20. The standard InChI is InChI=1S/C10H8N2O3/c1-5-7(10(14)15)3-12-9-8(5)6(4-13)2-11-9/h2-4H,1H3,(H,11,12)(H,14,15). The molecule has 2 heterocycles. The summed E-state index contributed by atoms with van der Waals surface area (Å²) in [5, 5.41) is 9.46. The summed E-state index contributed by atoms with van der Waals surface area (Å²) in [7, 11) is 0. The number of carbonyl (C=O) groups excluding carboxylic acids is 1. The minimum atomic E-state index is -1.04. The van der Waals surface area contributed by atoms with Gasteiger partial charge in [-0.3, -0.25) is 4.79 Å². The van der Waals surface area contributed by atoms with Gasteiger partial charge in [0.05, 0.1) is 5.56 Å². The van der Waals surface area contributed by atoms with Crippen LogP contribution in [0.1, 0.15) is 26.3 Å². The minimum absolute atomic E-state index is 0.116.